The number of hydrogen-bond donors (Lipinski definition) is 2. The molecule has 7 aromatic rings. The standard InChI is InChI=1S/C60H55B2O2PS/c1-31(2)36(7)52(38(9)60(63)64)54(39(10)62-11)57(61)59(66-12)37(8)53-47-25-32(3)34(5)27-49(47)55(50-28-35(6)33(4)26-48(50)53)41-19-17-40(18-20-41)42-21-22-45-44(29-42)30-43-23-24-65-51-16-14-13-15-46(51)58(65)56(43)45/h13-29H,1,30H2,2-12H3,(H-,63,64)/p+1/b52-36+,57-54-,59-37-. The van der Waals surface area contributed by atoms with E-state index in [1.54, 1.807) is 24.0 Å². The number of fused-ring (bicyclic) bond motifs is 10. The van der Waals surface area contributed by atoms with Crippen molar-refractivity contribution in [3.63, 3.8) is 0 Å². The Morgan fingerprint density at radius 2 is 1.23 bits per heavy atom. The second-order valence-electron chi connectivity index (χ2n) is 18.4. The third kappa shape index (κ3) is 7.31. The minimum atomic E-state index is -0.734. The first-order valence-corrected chi connectivity index (χ1v) is 25.4. The van der Waals surface area contributed by atoms with Crippen LogP contribution in [0.5, 0.6) is 0 Å². The molecule has 2 radical (unpaired) electrons. The molecule has 0 spiro atoms. The molecule has 0 bridgehead atoms. The molecule has 0 fully saturated rings. The van der Waals surface area contributed by atoms with Gasteiger partial charge in [0, 0.05) is 5.56 Å². The van der Waals surface area contributed by atoms with E-state index in [9.17, 15) is 10.2 Å². The van der Waals surface area contributed by atoms with E-state index in [-0.39, 0.29) is 7.53 Å². The molecule has 2 aliphatic rings. The molecule has 1 aliphatic heterocycles. The van der Waals surface area contributed by atoms with Crippen molar-refractivity contribution in [1.82, 2.24) is 0 Å². The van der Waals surface area contributed by atoms with Crippen LogP contribution in [0.1, 0.15) is 73.6 Å². The number of aryl methyl sites for hydroxylation is 4. The average Bonchev–Trinajstić information content (AvgIpc) is 3.66. The van der Waals surface area contributed by atoms with E-state index in [0.29, 0.717) is 16.6 Å². The fourth-order valence-electron chi connectivity index (χ4n) is 10.4. The monoisotopic (exact) mass is 893 g/mol. The average molecular weight is 894 g/mol. The summed E-state index contributed by atoms with van der Waals surface area (Å²) < 4.78 is 0. The zero-order valence-electron chi connectivity index (χ0n) is 40.1. The van der Waals surface area contributed by atoms with E-state index in [4.69, 9.17) is 7.85 Å². The van der Waals surface area contributed by atoms with Crippen molar-refractivity contribution in [2.75, 3.05) is 6.26 Å². The van der Waals surface area contributed by atoms with Gasteiger partial charge >= 0.3 is 283 Å². The predicted octanol–water partition coefficient (Wildman–Crippen LogP) is 17.1. The van der Waals surface area contributed by atoms with Crippen molar-refractivity contribution in [2.24, 2.45) is 0 Å². The van der Waals surface area contributed by atoms with Crippen LogP contribution in [0.2, 0.25) is 6.82 Å². The number of thioether (sulfide) groups is 1. The summed E-state index contributed by atoms with van der Waals surface area (Å²) in [6, 6.07) is 37.1. The molecule has 0 saturated carbocycles. The fraction of sp³-hybridized carbons (Fsp3) is 0.200. The van der Waals surface area contributed by atoms with E-state index in [0.717, 1.165) is 44.6 Å². The first-order chi connectivity index (χ1) is 31.6. The van der Waals surface area contributed by atoms with Crippen LogP contribution in [-0.2, 0) is 6.42 Å². The van der Waals surface area contributed by atoms with E-state index in [1.165, 1.54) is 99.2 Å². The van der Waals surface area contributed by atoms with Crippen molar-refractivity contribution >= 4 is 66.6 Å². The third-order valence-corrected chi connectivity index (χ3v) is 17.7. The van der Waals surface area contributed by atoms with Gasteiger partial charge in [0.05, 0.1) is 5.56 Å². The molecule has 2 N–H and O–H groups in total. The van der Waals surface area contributed by atoms with Crippen molar-refractivity contribution in [3.05, 3.63) is 193 Å². The number of aliphatic hydroxyl groups is 2. The Morgan fingerprint density at radius 3 is 1.80 bits per heavy atom. The van der Waals surface area contributed by atoms with Crippen LogP contribution in [0.15, 0.2) is 154 Å². The molecular formula is C60H56B2O2PS+. The molecule has 2 heterocycles. The van der Waals surface area contributed by atoms with Gasteiger partial charge in [-0.15, -0.1) is 0 Å². The van der Waals surface area contributed by atoms with Crippen LogP contribution < -0.4 is 0 Å². The van der Waals surface area contributed by atoms with Gasteiger partial charge in [-0.1, -0.05) is 30.3 Å². The maximum absolute atomic E-state index is 10.5. The Balaban J connectivity index is 1.22. The van der Waals surface area contributed by atoms with Crippen molar-refractivity contribution in [2.45, 2.75) is 75.6 Å². The first-order valence-electron chi connectivity index (χ1n) is 22.8. The molecule has 0 amide bonds. The summed E-state index contributed by atoms with van der Waals surface area (Å²) in [7, 11) is 7.10. The van der Waals surface area contributed by atoms with Gasteiger partial charge in [0.2, 0.25) is 0 Å². The SMILES string of the molecule is [B]C(/C(SC)=C(\C)c1c2cc(C)c(C)cc2c(-c2ccc(-c3ccc4c(c3)Cc3cc[p+]5c(c3-4)-c3ccccc3-5)cc2)c2cc(C)c(C)cc12)=C(C(C)=BC)\C(C(C)=C(O)O)=C(/C)C(=C)C. The molecule has 1 atom stereocenters. The van der Waals surface area contributed by atoms with Gasteiger partial charge in [-0.05, 0) is 52.4 Å². The minimum absolute atomic E-state index is 0.342. The molecular weight excluding hydrogens is 837 g/mol. The van der Waals surface area contributed by atoms with Crippen LogP contribution in [0, 0.1) is 27.7 Å². The van der Waals surface area contributed by atoms with Crippen LogP contribution in [0.3, 0.4) is 0 Å². The predicted molar refractivity (Wildman–Crippen MR) is 294 cm³/mol. The summed E-state index contributed by atoms with van der Waals surface area (Å²) in [6.45, 7) is 26.9. The van der Waals surface area contributed by atoms with E-state index in [1.807, 2.05) is 34.5 Å². The first kappa shape index (κ1) is 45.3. The molecule has 1 aliphatic carbocycles. The number of allylic oxidation sites excluding steroid dienone is 7. The number of hydrogen-bond acceptors (Lipinski definition) is 3. The van der Waals surface area contributed by atoms with Gasteiger partial charge < -0.3 is 0 Å². The van der Waals surface area contributed by atoms with Crippen molar-refractivity contribution < 1.29 is 10.2 Å². The van der Waals surface area contributed by atoms with Crippen LogP contribution >= 0.6 is 19.3 Å². The second-order valence-corrected chi connectivity index (χ2v) is 21.2. The molecule has 2 nitrogen and oxygen atoms in total. The molecule has 324 valence electrons. The number of rotatable bonds is 9. The van der Waals surface area contributed by atoms with Gasteiger partial charge in [0.15, 0.2) is 18.1 Å². The summed E-state index contributed by atoms with van der Waals surface area (Å²) in [6.07, 6.45) is 3.05. The van der Waals surface area contributed by atoms with E-state index >= 15 is 0 Å². The van der Waals surface area contributed by atoms with Gasteiger partial charge in [-0.25, -0.2) is 0 Å². The molecule has 0 saturated heterocycles. The topological polar surface area (TPSA) is 40.5 Å². The van der Waals surface area contributed by atoms with Crippen molar-refractivity contribution in [3.8, 4) is 49.5 Å². The summed E-state index contributed by atoms with van der Waals surface area (Å²) >= 11 is 1.62. The van der Waals surface area contributed by atoms with Gasteiger partial charge in [-0.3, -0.25) is 0 Å². The van der Waals surface area contributed by atoms with Gasteiger partial charge in [0.25, 0.3) is 0 Å². The Morgan fingerprint density at radius 1 is 0.652 bits per heavy atom. The normalized spacial score (nSPS) is 14.0. The molecule has 1 aromatic heterocycles. The van der Waals surface area contributed by atoms with E-state index in [2.05, 4.69) is 150 Å². The van der Waals surface area contributed by atoms with Crippen LogP contribution in [-0.4, -0.2) is 36.7 Å². The molecule has 1 unspecified atom stereocenters. The quantitative estimate of drug-likeness (QED) is 0.0656. The van der Waals surface area contributed by atoms with Crippen LogP contribution in [0.4, 0.5) is 0 Å². The number of benzene rings is 6. The summed E-state index contributed by atoms with van der Waals surface area (Å²) in [5, 5.41) is 28.8. The van der Waals surface area contributed by atoms with Crippen molar-refractivity contribution in [1.29, 1.82) is 0 Å². The number of aliphatic hydroxyl groups excluding tert-OH is 1. The molecule has 6 heteroatoms. The van der Waals surface area contributed by atoms with Crippen LogP contribution in [0.25, 0.3) is 76.7 Å². The Hall–Kier alpha value is -5.86. The third-order valence-electron chi connectivity index (χ3n) is 14.5. The fourth-order valence-corrected chi connectivity index (χ4v) is 13.5. The molecule has 66 heavy (non-hydrogen) atoms. The van der Waals surface area contributed by atoms with Gasteiger partial charge in [0.1, 0.15) is 5.80 Å². The Labute approximate surface area is 398 Å². The second kappa shape index (κ2) is 17.4. The van der Waals surface area contributed by atoms with E-state index < -0.39 is 5.95 Å². The summed E-state index contributed by atoms with van der Waals surface area (Å²) in [4.78, 5) is 0.929. The molecule has 6 aromatic carbocycles. The van der Waals surface area contributed by atoms with Gasteiger partial charge in [-0.2, -0.15) is 0 Å². The Kier molecular flexibility index (Phi) is 12.0. The zero-order chi connectivity index (χ0) is 47.0. The summed E-state index contributed by atoms with van der Waals surface area (Å²) in [5.74, 6) is 1.73. The molecule has 9 rings (SSSR count). The summed E-state index contributed by atoms with van der Waals surface area (Å²) in [5.41, 5.74) is 24.1. The zero-order valence-corrected chi connectivity index (χ0v) is 41.8. The Bertz CT molecular complexity index is 3380. The maximum atomic E-state index is 10.5.